The molecule has 0 saturated carbocycles. The average molecular weight is 430 g/mol. The van der Waals surface area contributed by atoms with Gasteiger partial charge in [-0.05, 0) is 59.7 Å². The Morgan fingerprint density at radius 3 is 1.84 bits per heavy atom. The number of carbonyl (C=O) groups excluding carboxylic acids is 3. The van der Waals surface area contributed by atoms with Crippen molar-refractivity contribution in [3.63, 3.8) is 0 Å². The molecule has 2 aromatic rings. The van der Waals surface area contributed by atoms with Crippen molar-refractivity contribution in [3.05, 3.63) is 36.3 Å². The molecule has 166 valence electrons. The van der Waals surface area contributed by atoms with Gasteiger partial charge in [-0.2, -0.15) is 4.90 Å². The summed E-state index contributed by atoms with van der Waals surface area (Å²) in [7, 11) is 1.19. The van der Waals surface area contributed by atoms with E-state index in [0.29, 0.717) is 4.90 Å². The first-order valence-electron chi connectivity index (χ1n) is 9.45. The molecular weight excluding hydrogens is 404 g/mol. The first kappa shape index (κ1) is 23.7. The molecule has 0 aliphatic rings. The van der Waals surface area contributed by atoms with E-state index in [9.17, 15) is 14.4 Å². The highest BCUT2D eigenvalue weighted by atomic mass is 16.6. The Balaban J connectivity index is 2.60. The van der Waals surface area contributed by atoms with Crippen molar-refractivity contribution in [3.8, 4) is 11.4 Å². The smallest absolute Gasteiger partial charge is 0.425 e. The fourth-order valence-electron chi connectivity index (χ4n) is 2.32. The zero-order chi connectivity index (χ0) is 23.4. The highest BCUT2D eigenvalue weighted by molar-refractivity contribution is 6.09. The molecule has 0 aliphatic carbocycles. The van der Waals surface area contributed by atoms with Gasteiger partial charge in [0.25, 0.3) is 0 Å². The maximum atomic E-state index is 12.8. The molecule has 0 spiro atoms. The standard InChI is InChI=1S/C21H26N4O6/c1-20(2,3)30-18(27)25(19(28)31-21(4,5)6)14-10-9-13(15(24-14)17(26)29-7)16-22-11-8-12-23-16/h8-12H,1-7H3. The Bertz CT molecular complexity index is 936. The number of carbonyl (C=O) groups is 3. The number of ether oxygens (including phenoxy) is 3. The molecule has 0 N–H and O–H groups in total. The quantitative estimate of drug-likeness (QED) is 0.525. The molecule has 2 aromatic heterocycles. The summed E-state index contributed by atoms with van der Waals surface area (Å²) in [6, 6.07) is 4.45. The number of imide groups is 1. The maximum Gasteiger partial charge on any atom is 0.425 e. The van der Waals surface area contributed by atoms with Crippen LogP contribution in [-0.4, -0.2) is 51.4 Å². The van der Waals surface area contributed by atoms with E-state index in [1.165, 1.54) is 31.6 Å². The van der Waals surface area contributed by atoms with Gasteiger partial charge in [0, 0.05) is 12.4 Å². The number of pyridine rings is 1. The summed E-state index contributed by atoms with van der Waals surface area (Å²) < 4.78 is 15.5. The molecule has 10 heteroatoms. The van der Waals surface area contributed by atoms with Crippen LogP contribution in [0.25, 0.3) is 11.4 Å². The second-order valence-corrected chi connectivity index (χ2v) is 8.43. The van der Waals surface area contributed by atoms with E-state index in [1.807, 2.05) is 0 Å². The number of esters is 1. The van der Waals surface area contributed by atoms with Gasteiger partial charge in [-0.15, -0.1) is 0 Å². The minimum atomic E-state index is -1.01. The fraction of sp³-hybridized carbons (Fsp3) is 0.429. The summed E-state index contributed by atoms with van der Waals surface area (Å²) in [5.74, 6) is -0.746. The average Bonchev–Trinajstić information content (AvgIpc) is 2.65. The zero-order valence-corrected chi connectivity index (χ0v) is 18.6. The van der Waals surface area contributed by atoms with Crippen molar-refractivity contribution >= 4 is 24.0 Å². The highest BCUT2D eigenvalue weighted by Crippen LogP contribution is 2.26. The second kappa shape index (κ2) is 9.07. The van der Waals surface area contributed by atoms with Crippen LogP contribution in [0.4, 0.5) is 15.4 Å². The van der Waals surface area contributed by atoms with E-state index in [1.54, 1.807) is 47.6 Å². The highest BCUT2D eigenvalue weighted by Gasteiger charge is 2.34. The summed E-state index contributed by atoms with van der Waals surface area (Å²) in [5.41, 5.74) is -1.69. The minimum Gasteiger partial charge on any atom is -0.464 e. The number of amides is 2. The topological polar surface area (TPSA) is 121 Å². The second-order valence-electron chi connectivity index (χ2n) is 8.43. The summed E-state index contributed by atoms with van der Waals surface area (Å²) in [6.45, 7) is 9.92. The van der Waals surface area contributed by atoms with Gasteiger partial charge in [-0.1, -0.05) is 0 Å². The Morgan fingerprint density at radius 2 is 1.39 bits per heavy atom. The molecule has 0 radical (unpaired) electrons. The van der Waals surface area contributed by atoms with Gasteiger partial charge in [0.05, 0.1) is 12.7 Å². The summed E-state index contributed by atoms with van der Waals surface area (Å²) in [5, 5.41) is 0. The minimum absolute atomic E-state index is 0.177. The predicted octanol–water partition coefficient (Wildman–Crippen LogP) is 4.00. The van der Waals surface area contributed by atoms with Gasteiger partial charge < -0.3 is 14.2 Å². The van der Waals surface area contributed by atoms with Crippen LogP contribution in [0, 0.1) is 0 Å². The number of methoxy groups -OCH3 is 1. The van der Waals surface area contributed by atoms with E-state index in [-0.39, 0.29) is 22.9 Å². The molecule has 0 fully saturated rings. The lowest BCUT2D eigenvalue weighted by molar-refractivity contribution is 0.0426. The molecule has 2 heterocycles. The van der Waals surface area contributed by atoms with Crippen molar-refractivity contribution in [2.24, 2.45) is 0 Å². The fourth-order valence-corrected chi connectivity index (χ4v) is 2.32. The molecule has 0 aromatic carbocycles. The van der Waals surface area contributed by atoms with Crippen LogP contribution in [0.5, 0.6) is 0 Å². The van der Waals surface area contributed by atoms with Crippen LogP contribution in [0.1, 0.15) is 52.0 Å². The van der Waals surface area contributed by atoms with Crippen LogP contribution in [0.3, 0.4) is 0 Å². The number of rotatable bonds is 3. The lowest BCUT2D eigenvalue weighted by atomic mass is 10.1. The van der Waals surface area contributed by atoms with E-state index < -0.39 is 29.4 Å². The van der Waals surface area contributed by atoms with Crippen LogP contribution in [-0.2, 0) is 14.2 Å². The number of hydrogen-bond donors (Lipinski definition) is 0. The first-order chi connectivity index (χ1) is 14.3. The summed E-state index contributed by atoms with van der Waals surface area (Å²) >= 11 is 0. The Morgan fingerprint density at radius 1 is 0.871 bits per heavy atom. The number of aromatic nitrogens is 3. The number of hydrogen-bond acceptors (Lipinski definition) is 9. The first-order valence-corrected chi connectivity index (χ1v) is 9.45. The molecule has 0 aliphatic heterocycles. The third-order valence-corrected chi connectivity index (χ3v) is 3.45. The largest absolute Gasteiger partial charge is 0.464 e. The maximum absolute atomic E-state index is 12.8. The van der Waals surface area contributed by atoms with Gasteiger partial charge in [-0.3, -0.25) is 0 Å². The Labute approximate surface area is 180 Å². The van der Waals surface area contributed by atoms with Crippen LogP contribution in [0.15, 0.2) is 30.6 Å². The van der Waals surface area contributed by atoms with E-state index >= 15 is 0 Å². The summed E-state index contributed by atoms with van der Waals surface area (Å²) in [6.07, 6.45) is 0.998. The van der Waals surface area contributed by atoms with Crippen molar-refractivity contribution in [2.45, 2.75) is 52.7 Å². The zero-order valence-electron chi connectivity index (χ0n) is 18.6. The lowest BCUT2D eigenvalue weighted by Crippen LogP contribution is -2.44. The van der Waals surface area contributed by atoms with E-state index in [2.05, 4.69) is 15.0 Å². The molecule has 31 heavy (non-hydrogen) atoms. The Kier molecular flexibility index (Phi) is 6.94. The molecule has 2 amide bonds. The predicted molar refractivity (Wildman–Crippen MR) is 112 cm³/mol. The number of nitrogens with zero attached hydrogens (tertiary/aromatic N) is 4. The molecule has 2 rings (SSSR count). The molecule has 0 saturated heterocycles. The third-order valence-electron chi connectivity index (χ3n) is 3.45. The van der Waals surface area contributed by atoms with Crippen LogP contribution in [0.2, 0.25) is 0 Å². The third kappa shape index (κ3) is 6.46. The van der Waals surface area contributed by atoms with Gasteiger partial charge in [-0.25, -0.2) is 29.3 Å². The van der Waals surface area contributed by atoms with Crippen LogP contribution >= 0.6 is 0 Å². The van der Waals surface area contributed by atoms with Gasteiger partial charge in [0.15, 0.2) is 11.5 Å². The van der Waals surface area contributed by atoms with Gasteiger partial charge >= 0.3 is 18.2 Å². The number of anilines is 1. The normalized spacial score (nSPS) is 11.5. The monoisotopic (exact) mass is 430 g/mol. The molecule has 0 unspecified atom stereocenters. The SMILES string of the molecule is COC(=O)c1nc(N(C(=O)OC(C)(C)C)C(=O)OC(C)(C)C)ccc1-c1ncccn1. The van der Waals surface area contributed by atoms with Crippen molar-refractivity contribution < 1.29 is 28.6 Å². The molecule has 10 nitrogen and oxygen atoms in total. The van der Waals surface area contributed by atoms with E-state index in [0.717, 1.165) is 0 Å². The van der Waals surface area contributed by atoms with E-state index in [4.69, 9.17) is 14.2 Å². The van der Waals surface area contributed by atoms with Crippen LogP contribution < -0.4 is 4.90 Å². The van der Waals surface area contributed by atoms with Crippen molar-refractivity contribution in [1.29, 1.82) is 0 Å². The lowest BCUT2D eigenvalue weighted by Gasteiger charge is -2.28. The van der Waals surface area contributed by atoms with Gasteiger partial charge in [0.2, 0.25) is 0 Å². The van der Waals surface area contributed by atoms with Gasteiger partial charge in [0.1, 0.15) is 17.0 Å². The molecular formula is C21H26N4O6. The van der Waals surface area contributed by atoms with Crippen molar-refractivity contribution in [1.82, 2.24) is 15.0 Å². The molecule has 0 atom stereocenters. The molecule has 0 bridgehead atoms. The van der Waals surface area contributed by atoms with Crippen molar-refractivity contribution in [2.75, 3.05) is 12.0 Å². The Hall–Kier alpha value is -3.56. The summed E-state index contributed by atoms with van der Waals surface area (Å²) in [4.78, 5) is 51.1.